The second-order valence-electron chi connectivity index (χ2n) is 5.53. The Labute approximate surface area is 119 Å². The number of nitrogens with zero attached hydrogens (tertiary/aromatic N) is 1. The molecule has 0 spiro atoms. The summed E-state index contributed by atoms with van der Waals surface area (Å²) in [6, 6.07) is 7.62. The first-order valence-electron chi connectivity index (χ1n) is 6.80. The van der Waals surface area contributed by atoms with Crippen molar-refractivity contribution in [1.82, 2.24) is 5.32 Å². The molecule has 1 N–H and O–H groups in total. The Balaban J connectivity index is 2.20. The molecule has 2 rings (SSSR count). The number of carbonyl (C=O) groups is 1. The van der Waals surface area contributed by atoms with E-state index in [9.17, 15) is 4.79 Å². The summed E-state index contributed by atoms with van der Waals surface area (Å²) in [4.78, 5) is 13.9. The number of carbonyl (C=O) groups excluding carboxylic acids is 1. The molecular formula is C15H22N2O3. The Hall–Kier alpha value is -1.59. The quantitative estimate of drug-likeness (QED) is 0.828. The maximum Gasteiger partial charge on any atom is 0.241 e. The van der Waals surface area contributed by atoms with E-state index in [0.29, 0.717) is 26.3 Å². The first-order valence-corrected chi connectivity index (χ1v) is 6.80. The van der Waals surface area contributed by atoms with Crippen molar-refractivity contribution in [2.24, 2.45) is 0 Å². The number of amides is 1. The molecule has 0 saturated carbocycles. The van der Waals surface area contributed by atoms with E-state index in [0.717, 1.165) is 11.4 Å². The van der Waals surface area contributed by atoms with Crippen LogP contribution in [-0.4, -0.2) is 44.9 Å². The van der Waals surface area contributed by atoms with Crippen molar-refractivity contribution < 1.29 is 14.3 Å². The van der Waals surface area contributed by atoms with Crippen LogP contribution in [0.2, 0.25) is 0 Å². The van der Waals surface area contributed by atoms with Gasteiger partial charge in [0.1, 0.15) is 12.4 Å². The molecule has 20 heavy (non-hydrogen) atoms. The molecule has 1 aliphatic rings. The average Bonchev–Trinajstić information content (AvgIpc) is 2.43. The van der Waals surface area contributed by atoms with E-state index in [1.54, 1.807) is 12.0 Å². The second-order valence-corrected chi connectivity index (χ2v) is 5.53. The number of anilines is 1. The number of piperazine rings is 1. The zero-order chi connectivity index (χ0) is 14.6. The number of hydrogen-bond acceptors (Lipinski definition) is 4. The smallest absolute Gasteiger partial charge is 0.241 e. The van der Waals surface area contributed by atoms with Gasteiger partial charge in [-0.2, -0.15) is 0 Å². The number of hydrogen-bond donors (Lipinski definition) is 1. The molecule has 0 bridgehead atoms. The third-order valence-corrected chi connectivity index (χ3v) is 3.27. The molecule has 1 amide bonds. The Bertz CT molecular complexity index is 474. The molecule has 5 nitrogen and oxygen atoms in total. The van der Waals surface area contributed by atoms with E-state index in [1.807, 2.05) is 24.3 Å². The van der Waals surface area contributed by atoms with Crippen LogP contribution in [0.5, 0.6) is 5.75 Å². The summed E-state index contributed by atoms with van der Waals surface area (Å²) in [6.45, 7) is 6.13. The minimum Gasteiger partial charge on any atom is -0.489 e. The van der Waals surface area contributed by atoms with Crippen LogP contribution < -0.4 is 15.0 Å². The molecular weight excluding hydrogens is 256 g/mol. The molecule has 1 fully saturated rings. The normalized spacial score (nSPS) is 18.1. The molecule has 0 atom stereocenters. The fourth-order valence-electron chi connectivity index (χ4n) is 2.21. The van der Waals surface area contributed by atoms with Gasteiger partial charge < -0.3 is 19.7 Å². The highest BCUT2D eigenvalue weighted by atomic mass is 16.5. The van der Waals surface area contributed by atoms with Crippen molar-refractivity contribution in [2.75, 3.05) is 38.3 Å². The fraction of sp³-hybridized carbons (Fsp3) is 0.533. The van der Waals surface area contributed by atoms with Crippen LogP contribution in [0.25, 0.3) is 0 Å². The predicted molar refractivity (Wildman–Crippen MR) is 78.2 cm³/mol. The highest BCUT2D eigenvalue weighted by molar-refractivity contribution is 5.97. The van der Waals surface area contributed by atoms with Gasteiger partial charge >= 0.3 is 0 Å². The van der Waals surface area contributed by atoms with Gasteiger partial charge in [-0.05, 0) is 26.0 Å². The maximum absolute atomic E-state index is 12.1. The SMILES string of the molecule is COCCOc1ccccc1N1CC(C)(C)NCC1=O. The van der Waals surface area contributed by atoms with E-state index in [2.05, 4.69) is 19.2 Å². The topological polar surface area (TPSA) is 50.8 Å². The second kappa shape index (κ2) is 6.24. The lowest BCUT2D eigenvalue weighted by Crippen LogP contribution is -2.60. The molecule has 1 heterocycles. The monoisotopic (exact) mass is 278 g/mol. The first-order chi connectivity index (χ1) is 9.53. The van der Waals surface area contributed by atoms with Crippen LogP contribution in [-0.2, 0) is 9.53 Å². The molecule has 0 aromatic heterocycles. The Kier molecular flexibility index (Phi) is 4.62. The standard InChI is InChI=1S/C15H22N2O3/c1-15(2)11-17(14(18)10-16-15)12-6-4-5-7-13(12)20-9-8-19-3/h4-7,16H,8-11H2,1-3H3. The number of methoxy groups -OCH3 is 1. The van der Waals surface area contributed by atoms with E-state index >= 15 is 0 Å². The zero-order valence-electron chi connectivity index (χ0n) is 12.3. The van der Waals surface area contributed by atoms with E-state index in [4.69, 9.17) is 9.47 Å². The van der Waals surface area contributed by atoms with Crippen LogP contribution in [0.15, 0.2) is 24.3 Å². The number of para-hydroxylation sites is 2. The third kappa shape index (κ3) is 3.49. The minimum absolute atomic E-state index is 0.0621. The van der Waals surface area contributed by atoms with Crippen molar-refractivity contribution in [2.45, 2.75) is 19.4 Å². The van der Waals surface area contributed by atoms with Crippen LogP contribution in [0, 0.1) is 0 Å². The molecule has 1 aliphatic heterocycles. The van der Waals surface area contributed by atoms with Crippen molar-refractivity contribution in [3.63, 3.8) is 0 Å². The first kappa shape index (κ1) is 14.8. The van der Waals surface area contributed by atoms with Gasteiger partial charge in [-0.15, -0.1) is 0 Å². The lowest BCUT2D eigenvalue weighted by atomic mass is 10.0. The van der Waals surface area contributed by atoms with Crippen molar-refractivity contribution in [3.8, 4) is 5.75 Å². The molecule has 5 heteroatoms. The number of rotatable bonds is 5. The summed E-state index contributed by atoms with van der Waals surface area (Å²) in [6.07, 6.45) is 0. The molecule has 1 aromatic carbocycles. The fourth-order valence-corrected chi connectivity index (χ4v) is 2.21. The largest absolute Gasteiger partial charge is 0.489 e. The summed E-state index contributed by atoms with van der Waals surface area (Å²) in [5, 5.41) is 3.23. The highest BCUT2D eigenvalue weighted by Crippen LogP contribution is 2.30. The summed E-state index contributed by atoms with van der Waals surface area (Å²) >= 11 is 0. The average molecular weight is 278 g/mol. The van der Waals surface area contributed by atoms with Crippen LogP contribution in [0.4, 0.5) is 5.69 Å². The summed E-state index contributed by atoms with van der Waals surface area (Å²) in [7, 11) is 1.64. The van der Waals surface area contributed by atoms with E-state index in [1.165, 1.54) is 0 Å². The van der Waals surface area contributed by atoms with E-state index in [-0.39, 0.29) is 11.4 Å². The van der Waals surface area contributed by atoms with Gasteiger partial charge in [-0.25, -0.2) is 0 Å². The molecule has 1 aromatic rings. The number of nitrogens with one attached hydrogen (secondary N) is 1. The van der Waals surface area contributed by atoms with Crippen LogP contribution >= 0.6 is 0 Å². The molecule has 0 radical (unpaired) electrons. The molecule has 0 aliphatic carbocycles. The predicted octanol–water partition coefficient (Wildman–Crippen LogP) is 1.43. The maximum atomic E-state index is 12.1. The molecule has 110 valence electrons. The summed E-state index contributed by atoms with van der Waals surface area (Å²) in [5.74, 6) is 0.780. The van der Waals surface area contributed by atoms with E-state index < -0.39 is 0 Å². The Morgan fingerprint density at radius 1 is 1.30 bits per heavy atom. The van der Waals surface area contributed by atoms with Gasteiger partial charge in [0.05, 0.1) is 18.8 Å². The number of benzene rings is 1. The highest BCUT2D eigenvalue weighted by Gasteiger charge is 2.32. The lowest BCUT2D eigenvalue weighted by Gasteiger charge is -2.39. The Morgan fingerprint density at radius 2 is 2.05 bits per heavy atom. The van der Waals surface area contributed by atoms with Crippen LogP contribution in [0.3, 0.4) is 0 Å². The Morgan fingerprint density at radius 3 is 2.80 bits per heavy atom. The van der Waals surface area contributed by atoms with Crippen LogP contribution in [0.1, 0.15) is 13.8 Å². The number of ether oxygens (including phenoxy) is 2. The van der Waals surface area contributed by atoms with Gasteiger partial charge in [-0.1, -0.05) is 12.1 Å². The van der Waals surface area contributed by atoms with Crippen molar-refractivity contribution >= 4 is 11.6 Å². The van der Waals surface area contributed by atoms with Gasteiger partial charge in [0, 0.05) is 19.2 Å². The van der Waals surface area contributed by atoms with Gasteiger partial charge in [0.25, 0.3) is 0 Å². The lowest BCUT2D eigenvalue weighted by molar-refractivity contribution is -0.119. The van der Waals surface area contributed by atoms with Gasteiger partial charge in [0.15, 0.2) is 0 Å². The minimum atomic E-state index is -0.104. The van der Waals surface area contributed by atoms with Gasteiger partial charge in [0.2, 0.25) is 5.91 Å². The summed E-state index contributed by atoms with van der Waals surface area (Å²) in [5.41, 5.74) is 0.719. The molecule has 1 saturated heterocycles. The van der Waals surface area contributed by atoms with Crippen molar-refractivity contribution in [1.29, 1.82) is 0 Å². The third-order valence-electron chi connectivity index (χ3n) is 3.27. The summed E-state index contributed by atoms with van der Waals surface area (Å²) < 4.78 is 10.7. The van der Waals surface area contributed by atoms with Crippen molar-refractivity contribution in [3.05, 3.63) is 24.3 Å². The molecule has 0 unspecified atom stereocenters. The van der Waals surface area contributed by atoms with Gasteiger partial charge in [-0.3, -0.25) is 4.79 Å². The zero-order valence-corrected chi connectivity index (χ0v) is 12.3.